The fourth-order valence-electron chi connectivity index (χ4n) is 6.30. The summed E-state index contributed by atoms with van der Waals surface area (Å²) < 4.78 is 76.1. The molecule has 202 valence electrons. The summed E-state index contributed by atoms with van der Waals surface area (Å²) in [6.07, 6.45) is 0. The second-order valence-corrected chi connectivity index (χ2v) is 10.4. The minimum Gasteiger partial charge on any atom is -0.303 e. The van der Waals surface area contributed by atoms with Crippen molar-refractivity contribution in [3.63, 3.8) is 0 Å². The van der Waals surface area contributed by atoms with E-state index in [1.165, 1.54) is 4.90 Å². The van der Waals surface area contributed by atoms with Gasteiger partial charge in [0.25, 0.3) is 0 Å². The third-order valence-electron chi connectivity index (χ3n) is 8.10. The summed E-state index contributed by atoms with van der Waals surface area (Å²) >= 11 is 0. The largest absolute Gasteiger partial charge is 0.303 e. The number of benzene rings is 8. The first-order valence-corrected chi connectivity index (χ1v) is 13.3. The van der Waals surface area contributed by atoms with Crippen molar-refractivity contribution in [3.05, 3.63) is 138 Å². The fourth-order valence-corrected chi connectivity index (χ4v) is 6.30. The second-order valence-electron chi connectivity index (χ2n) is 10.4. The van der Waals surface area contributed by atoms with Gasteiger partial charge in [-0.25, -0.2) is 22.0 Å². The fraction of sp³-hybridized carbons (Fsp3) is 0. The Labute approximate surface area is 236 Å². The lowest BCUT2D eigenvalue weighted by Gasteiger charge is -2.31. The Bertz CT molecular complexity index is 2300. The zero-order valence-corrected chi connectivity index (χ0v) is 21.7. The van der Waals surface area contributed by atoms with Crippen molar-refractivity contribution >= 4 is 70.9 Å². The molecule has 0 N–H and O–H groups in total. The zero-order chi connectivity index (χ0) is 28.7. The molecule has 0 aliphatic rings. The van der Waals surface area contributed by atoms with Gasteiger partial charge >= 0.3 is 0 Å². The molecule has 6 heteroatoms. The second kappa shape index (κ2) is 8.88. The third-order valence-corrected chi connectivity index (χ3v) is 8.10. The Morgan fingerprint density at radius 1 is 0.357 bits per heavy atom. The van der Waals surface area contributed by atoms with Crippen LogP contribution in [0.4, 0.5) is 39.0 Å². The quantitative estimate of drug-likeness (QED) is 0.0684. The van der Waals surface area contributed by atoms with Crippen molar-refractivity contribution in [2.24, 2.45) is 0 Å². The number of hydrogen-bond donors (Lipinski definition) is 0. The van der Waals surface area contributed by atoms with Crippen LogP contribution in [0.15, 0.2) is 109 Å². The average Bonchev–Trinajstić information content (AvgIpc) is 3.03. The molecule has 0 bridgehead atoms. The van der Waals surface area contributed by atoms with Crippen molar-refractivity contribution in [2.45, 2.75) is 0 Å². The summed E-state index contributed by atoms with van der Waals surface area (Å²) in [6, 6.07) is 33.5. The Morgan fingerprint density at radius 2 is 0.833 bits per heavy atom. The van der Waals surface area contributed by atoms with Gasteiger partial charge in [0.15, 0.2) is 23.3 Å². The maximum absolute atomic E-state index is 15.9. The van der Waals surface area contributed by atoms with Crippen LogP contribution >= 0.6 is 0 Å². The van der Waals surface area contributed by atoms with Gasteiger partial charge in [-0.3, -0.25) is 0 Å². The molecule has 1 nitrogen and oxygen atoms in total. The summed E-state index contributed by atoms with van der Waals surface area (Å²) in [4.78, 5) is 1.21. The molecule has 0 aliphatic carbocycles. The van der Waals surface area contributed by atoms with Crippen LogP contribution in [0, 0.1) is 29.1 Å². The van der Waals surface area contributed by atoms with Gasteiger partial charge in [0, 0.05) is 16.2 Å². The lowest BCUT2D eigenvalue weighted by Crippen LogP contribution is -2.18. The Hall–Kier alpha value is -5.23. The van der Waals surface area contributed by atoms with Crippen LogP contribution in [-0.4, -0.2) is 0 Å². The number of fused-ring (bicyclic) bond motifs is 2. The first kappa shape index (κ1) is 24.6. The molecule has 8 rings (SSSR count). The highest BCUT2D eigenvalue weighted by Crippen LogP contribution is 2.50. The molecule has 0 fully saturated rings. The third kappa shape index (κ3) is 3.29. The number of anilines is 3. The molecule has 0 saturated carbocycles. The molecule has 0 saturated heterocycles. The summed E-state index contributed by atoms with van der Waals surface area (Å²) in [5, 5.41) is 7.70. The van der Waals surface area contributed by atoms with E-state index in [0.29, 0.717) is 21.8 Å². The first-order chi connectivity index (χ1) is 20.4. The minimum atomic E-state index is -2.20. The van der Waals surface area contributed by atoms with Crippen molar-refractivity contribution < 1.29 is 22.0 Å². The Morgan fingerprint density at radius 3 is 1.48 bits per heavy atom. The maximum atomic E-state index is 15.9. The van der Waals surface area contributed by atoms with Gasteiger partial charge in [0.2, 0.25) is 5.82 Å². The van der Waals surface area contributed by atoms with E-state index in [0.717, 1.165) is 37.7 Å². The average molecular weight is 560 g/mol. The summed E-state index contributed by atoms with van der Waals surface area (Å²) in [7, 11) is 0. The molecule has 0 atom stereocenters. The molecule has 0 aliphatic heterocycles. The van der Waals surface area contributed by atoms with E-state index in [-0.39, 0.29) is 5.69 Å². The normalized spacial score (nSPS) is 11.9. The highest BCUT2D eigenvalue weighted by molar-refractivity contribution is 6.27. The van der Waals surface area contributed by atoms with Crippen molar-refractivity contribution in [1.82, 2.24) is 0 Å². The van der Waals surface area contributed by atoms with Crippen LogP contribution in [0.5, 0.6) is 0 Å². The van der Waals surface area contributed by atoms with Gasteiger partial charge in [0.05, 0.1) is 11.4 Å². The van der Waals surface area contributed by atoms with Crippen LogP contribution in [0.2, 0.25) is 0 Å². The van der Waals surface area contributed by atoms with Crippen molar-refractivity contribution in [3.8, 4) is 0 Å². The van der Waals surface area contributed by atoms with Gasteiger partial charge in [-0.05, 0) is 49.8 Å². The predicted octanol–water partition coefficient (Wildman–Crippen LogP) is 11.1. The number of rotatable bonds is 3. The lowest BCUT2D eigenvalue weighted by atomic mass is 9.92. The van der Waals surface area contributed by atoms with E-state index in [2.05, 4.69) is 0 Å². The monoisotopic (exact) mass is 559 g/mol. The number of hydrogen-bond acceptors (Lipinski definition) is 1. The van der Waals surface area contributed by atoms with E-state index in [4.69, 9.17) is 0 Å². The molecule has 0 unspecified atom stereocenters. The predicted molar refractivity (Wildman–Crippen MR) is 160 cm³/mol. The molecule has 0 heterocycles. The summed E-state index contributed by atoms with van der Waals surface area (Å²) in [6.45, 7) is 0. The molecule has 8 aromatic rings. The molecule has 0 radical (unpaired) electrons. The number of nitrogens with zero attached hydrogens (tertiary/aromatic N) is 1. The highest BCUT2D eigenvalue weighted by atomic mass is 19.2. The van der Waals surface area contributed by atoms with Crippen molar-refractivity contribution in [2.75, 3.05) is 4.90 Å². The Balaban J connectivity index is 1.64. The zero-order valence-electron chi connectivity index (χ0n) is 21.7. The van der Waals surface area contributed by atoms with E-state index in [9.17, 15) is 13.2 Å². The maximum Gasteiger partial charge on any atom is 0.200 e. The van der Waals surface area contributed by atoms with E-state index >= 15 is 8.78 Å². The minimum absolute atomic E-state index is 0.288. The van der Waals surface area contributed by atoms with Gasteiger partial charge in [-0.2, -0.15) is 0 Å². The van der Waals surface area contributed by atoms with E-state index in [1.54, 1.807) is 30.3 Å². The topological polar surface area (TPSA) is 3.24 Å². The summed E-state index contributed by atoms with van der Waals surface area (Å²) in [5.41, 5.74) is -0.444. The van der Waals surface area contributed by atoms with E-state index in [1.807, 2.05) is 78.9 Å². The Kier molecular flexibility index (Phi) is 5.19. The van der Waals surface area contributed by atoms with E-state index < -0.39 is 34.8 Å². The number of halogens is 5. The molecule has 0 spiro atoms. The van der Waals surface area contributed by atoms with Gasteiger partial charge < -0.3 is 4.90 Å². The molecule has 0 amide bonds. The van der Waals surface area contributed by atoms with Crippen LogP contribution in [0.1, 0.15) is 0 Å². The van der Waals surface area contributed by atoms with Crippen LogP contribution < -0.4 is 4.90 Å². The standard InChI is InChI=1S/C36H18F5N/c37-30-31(38)33(40)36(34(41)32(30)39)42(35-24-12-3-1-7-21(24)17-22-8-2-4-13-25(22)35)27-18-23-11-5-9-19-15-16-20-10-6-14-26(27)29(20)28(19)23/h1-18H. The smallest absolute Gasteiger partial charge is 0.200 e. The molecular formula is C36H18F5N. The molecule has 8 aromatic carbocycles. The van der Waals surface area contributed by atoms with Crippen molar-refractivity contribution in [1.29, 1.82) is 0 Å². The van der Waals surface area contributed by atoms with Crippen LogP contribution in [-0.2, 0) is 0 Å². The van der Waals surface area contributed by atoms with Crippen LogP contribution in [0.3, 0.4) is 0 Å². The first-order valence-electron chi connectivity index (χ1n) is 13.3. The lowest BCUT2D eigenvalue weighted by molar-refractivity contribution is 0.380. The van der Waals surface area contributed by atoms with Gasteiger partial charge in [-0.1, -0.05) is 97.1 Å². The van der Waals surface area contributed by atoms with Crippen LogP contribution in [0.25, 0.3) is 53.9 Å². The van der Waals surface area contributed by atoms with Gasteiger partial charge in [0.1, 0.15) is 5.69 Å². The summed E-state index contributed by atoms with van der Waals surface area (Å²) in [5.74, 6) is -10.0. The molecule has 0 aromatic heterocycles. The highest BCUT2D eigenvalue weighted by Gasteiger charge is 2.33. The van der Waals surface area contributed by atoms with Gasteiger partial charge in [-0.15, -0.1) is 0 Å². The molecule has 42 heavy (non-hydrogen) atoms. The molecular weight excluding hydrogens is 541 g/mol. The SMILES string of the molecule is Fc1c(F)c(F)c(N(c2c3ccccc3cc3ccccc23)c2cc3cccc4ccc5cccc2c5c43)c(F)c1F.